The second-order valence-corrected chi connectivity index (χ2v) is 6.41. The molecule has 0 saturated carbocycles. The minimum absolute atomic E-state index is 0.182. The molecule has 1 aliphatic heterocycles. The number of carbonyl (C=O) groups is 1. The van der Waals surface area contributed by atoms with Gasteiger partial charge in [-0.1, -0.05) is 13.3 Å². The van der Waals surface area contributed by atoms with Crippen molar-refractivity contribution in [1.29, 1.82) is 0 Å². The van der Waals surface area contributed by atoms with Gasteiger partial charge in [0.1, 0.15) is 5.60 Å². The van der Waals surface area contributed by atoms with E-state index in [-0.39, 0.29) is 6.09 Å². The Labute approximate surface area is 123 Å². The van der Waals surface area contributed by atoms with Crippen LogP contribution in [-0.2, 0) is 4.74 Å². The van der Waals surface area contributed by atoms with E-state index in [9.17, 15) is 4.79 Å². The molecule has 118 valence electrons. The largest absolute Gasteiger partial charge is 0.444 e. The van der Waals surface area contributed by atoms with Crippen LogP contribution in [0.5, 0.6) is 0 Å². The SMILES string of the molecule is CCCCNCCN1CCN(C(=O)OC(C)(C)C)CC1. The number of unbranched alkanes of at least 4 members (excludes halogenated alkanes) is 1. The fourth-order valence-corrected chi connectivity index (χ4v) is 2.14. The highest BCUT2D eigenvalue weighted by molar-refractivity contribution is 5.68. The van der Waals surface area contributed by atoms with Gasteiger partial charge in [0.25, 0.3) is 0 Å². The van der Waals surface area contributed by atoms with Gasteiger partial charge in [-0.2, -0.15) is 0 Å². The number of ether oxygens (including phenoxy) is 1. The van der Waals surface area contributed by atoms with Crippen LogP contribution in [0, 0.1) is 0 Å². The smallest absolute Gasteiger partial charge is 0.410 e. The van der Waals surface area contributed by atoms with Gasteiger partial charge in [-0.25, -0.2) is 4.79 Å². The molecule has 1 rings (SSSR count). The molecular weight excluding hydrogens is 254 g/mol. The summed E-state index contributed by atoms with van der Waals surface area (Å²) in [4.78, 5) is 16.1. The van der Waals surface area contributed by atoms with E-state index in [4.69, 9.17) is 4.74 Å². The van der Waals surface area contributed by atoms with Crippen LogP contribution in [0.2, 0.25) is 0 Å². The molecule has 0 spiro atoms. The lowest BCUT2D eigenvalue weighted by molar-refractivity contribution is 0.0146. The van der Waals surface area contributed by atoms with E-state index in [1.165, 1.54) is 12.8 Å². The van der Waals surface area contributed by atoms with Gasteiger partial charge in [0.15, 0.2) is 0 Å². The van der Waals surface area contributed by atoms with Crippen LogP contribution in [0.3, 0.4) is 0 Å². The summed E-state index contributed by atoms with van der Waals surface area (Å²) < 4.78 is 5.39. The number of piperazine rings is 1. The van der Waals surface area contributed by atoms with E-state index in [0.29, 0.717) is 0 Å². The van der Waals surface area contributed by atoms with Gasteiger partial charge < -0.3 is 15.0 Å². The number of carbonyl (C=O) groups excluding carboxylic acids is 1. The number of hydrogen-bond acceptors (Lipinski definition) is 4. The summed E-state index contributed by atoms with van der Waals surface area (Å²) in [7, 11) is 0. The quantitative estimate of drug-likeness (QED) is 0.757. The topological polar surface area (TPSA) is 44.8 Å². The van der Waals surface area contributed by atoms with E-state index in [0.717, 1.165) is 45.8 Å². The predicted octanol–water partition coefficient (Wildman–Crippen LogP) is 1.93. The van der Waals surface area contributed by atoms with Gasteiger partial charge in [0.2, 0.25) is 0 Å². The van der Waals surface area contributed by atoms with E-state index >= 15 is 0 Å². The fourth-order valence-electron chi connectivity index (χ4n) is 2.14. The molecule has 1 heterocycles. The summed E-state index contributed by atoms with van der Waals surface area (Å²) in [5.41, 5.74) is -0.405. The lowest BCUT2D eigenvalue weighted by Gasteiger charge is -2.35. The highest BCUT2D eigenvalue weighted by Gasteiger charge is 2.25. The summed E-state index contributed by atoms with van der Waals surface area (Å²) >= 11 is 0. The molecule has 0 aromatic rings. The molecule has 1 saturated heterocycles. The van der Waals surface area contributed by atoms with Crippen molar-refractivity contribution in [3.05, 3.63) is 0 Å². The van der Waals surface area contributed by atoms with Crippen molar-refractivity contribution in [2.24, 2.45) is 0 Å². The highest BCUT2D eigenvalue weighted by Crippen LogP contribution is 2.11. The van der Waals surface area contributed by atoms with E-state index in [2.05, 4.69) is 17.1 Å². The van der Waals surface area contributed by atoms with Crippen molar-refractivity contribution in [2.45, 2.75) is 46.1 Å². The molecule has 1 N–H and O–H groups in total. The Hall–Kier alpha value is -0.810. The molecule has 5 heteroatoms. The van der Waals surface area contributed by atoms with Crippen molar-refractivity contribution < 1.29 is 9.53 Å². The van der Waals surface area contributed by atoms with Crippen LogP contribution in [0.4, 0.5) is 4.79 Å². The second kappa shape index (κ2) is 8.47. The minimum Gasteiger partial charge on any atom is -0.444 e. The van der Waals surface area contributed by atoms with Crippen LogP contribution in [0.25, 0.3) is 0 Å². The molecule has 20 heavy (non-hydrogen) atoms. The Morgan fingerprint density at radius 2 is 1.80 bits per heavy atom. The summed E-state index contributed by atoms with van der Waals surface area (Å²) in [5, 5.41) is 3.45. The van der Waals surface area contributed by atoms with Crippen LogP contribution >= 0.6 is 0 Å². The first kappa shape index (κ1) is 17.2. The van der Waals surface area contributed by atoms with Crippen molar-refractivity contribution in [3.8, 4) is 0 Å². The Kier molecular flexibility index (Phi) is 7.30. The zero-order chi connectivity index (χ0) is 15.0. The molecule has 1 fully saturated rings. The molecule has 0 aliphatic carbocycles. The first-order valence-corrected chi connectivity index (χ1v) is 7.83. The Balaban J connectivity index is 2.15. The van der Waals surface area contributed by atoms with Gasteiger partial charge in [0.05, 0.1) is 0 Å². The minimum atomic E-state index is -0.405. The maximum atomic E-state index is 11.9. The Morgan fingerprint density at radius 1 is 1.15 bits per heavy atom. The average molecular weight is 285 g/mol. The number of rotatable bonds is 6. The Bertz CT molecular complexity index is 281. The standard InChI is InChI=1S/C15H31N3O2/c1-5-6-7-16-8-9-17-10-12-18(13-11-17)14(19)20-15(2,3)4/h16H,5-13H2,1-4H3. The number of hydrogen-bond donors (Lipinski definition) is 1. The zero-order valence-corrected chi connectivity index (χ0v) is 13.6. The van der Waals surface area contributed by atoms with Gasteiger partial charge in [-0.05, 0) is 33.7 Å². The maximum Gasteiger partial charge on any atom is 0.410 e. The monoisotopic (exact) mass is 285 g/mol. The molecule has 0 atom stereocenters. The zero-order valence-electron chi connectivity index (χ0n) is 13.6. The molecule has 0 bridgehead atoms. The lowest BCUT2D eigenvalue weighted by Crippen LogP contribution is -2.51. The number of nitrogens with one attached hydrogen (secondary N) is 1. The molecular formula is C15H31N3O2. The first-order valence-electron chi connectivity index (χ1n) is 7.83. The van der Waals surface area contributed by atoms with Crippen LogP contribution in [0.1, 0.15) is 40.5 Å². The maximum absolute atomic E-state index is 11.9. The summed E-state index contributed by atoms with van der Waals surface area (Å²) in [6.45, 7) is 14.5. The van der Waals surface area contributed by atoms with E-state index in [1.54, 1.807) is 0 Å². The van der Waals surface area contributed by atoms with Crippen LogP contribution in [-0.4, -0.2) is 67.3 Å². The third-order valence-corrected chi connectivity index (χ3v) is 3.34. The van der Waals surface area contributed by atoms with Gasteiger partial charge in [-0.3, -0.25) is 4.90 Å². The van der Waals surface area contributed by atoms with Crippen LogP contribution in [0.15, 0.2) is 0 Å². The number of nitrogens with zero attached hydrogens (tertiary/aromatic N) is 2. The van der Waals surface area contributed by atoms with Crippen molar-refractivity contribution in [2.75, 3.05) is 45.8 Å². The van der Waals surface area contributed by atoms with Gasteiger partial charge in [-0.15, -0.1) is 0 Å². The highest BCUT2D eigenvalue weighted by atomic mass is 16.6. The summed E-state index contributed by atoms with van der Waals surface area (Å²) in [6.07, 6.45) is 2.30. The lowest BCUT2D eigenvalue weighted by atomic mass is 10.2. The molecule has 1 amide bonds. The molecule has 0 aromatic heterocycles. The molecule has 0 radical (unpaired) electrons. The molecule has 1 aliphatic rings. The molecule has 5 nitrogen and oxygen atoms in total. The van der Waals surface area contributed by atoms with Crippen LogP contribution < -0.4 is 5.32 Å². The van der Waals surface area contributed by atoms with E-state index in [1.807, 2.05) is 25.7 Å². The third-order valence-electron chi connectivity index (χ3n) is 3.34. The van der Waals surface area contributed by atoms with Gasteiger partial charge in [0, 0.05) is 39.3 Å². The van der Waals surface area contributed by atoms with E-state index < -0.39 is 5.60 Å². The van der Waals surface area contributed by atoms with Crippen molar-refractivity contribution >= 4 is 6.09 Å². The van der Waals surface area contributed by atoms with Crippen molar-refractivity contribution in [1.82, 2.24) is 15.1 Å². The van der Waals surface area contributed by atoms with Gasteiger partial charge >= 0.3 is 6.09 Å². The average Bonchev–Trinajstić information content (AvgIpc) is 2.37. The summed E-state index contributed by atoms with van der Waals surface area (Å²) in [5.74, 6) is 0. The normalized spacial score (nSPS) is 17.3. The third kappa shape index (κ3) is 7.10. The molecule has 0 unspecified atom stereocenters. The van der Waals surface area contributed by atoms with Crippen molar-refractivity contribution in [3.63, 3.8) is 0 Å². The second-order valence-electron chi connectivity index (χ2n) is 6.41. The number of amides is 1. The first-order chi connectivity index (χ1) is 9.42. The summed E-state index contributed by atoms with van der Waals surface area (Å²) in [6, 6.07) is 0. The fraction of sp³-hybridized carbons (Fsp3) is 0.933. The predicted molar refractivity (Wildman–Crippen MR) is 82.0 cm³/mol. The molecule has 0 aromatic carbocycles. The Morgan fingerprint density at radius 3 is 2.35 bits per heavy atom.